The first-order valence-corrected chi connectivity index (χ1v) is 6.34. The summed E-state index contributed by atoms with van der Waals surface area (Å²) in [7, 11) is 0. The number of halogens is 4. The average Bonchev–Trinajstić information content (AvgIpc) is 2.42. The number of amides is 2. The summed E-state index contributed by atoms with van der Waals surface area (Å²) in [6.45, 7) is 0. The van der Waals surface area contributed by atoms with Crippen LogP contribution in [0.1, 0.15) is 0 Å². The van der Waals surface area contributed by atoms with Crippen molar-refractivity contribution in [3.8, 4) is 5.75 Å². The molecule has 0 fully saturated rings. The second-order valence-corrected chi connectivity index (χ2v) is 4.83. The van der Waals surface area contributed by atoms with Crippen LogP contribution in [0.5, 0.6) is 5.75 Å². The summed E-state index contributed by atoms with van der Waals surface area (Å²) in [5.74, 6) is -5.78. The van der Waals surface area contributed by atoms with E-state index in [2.05, 4.69) is 15.9 Å². The van der Waals surface area contributed by atoms with Gasteiger partial charge in [-0.25, -0.2) is 18.0 Å². The number of phenols is 1. The van der Waals surface area contributed by atoms with E-state index in [0.29, 0.717) is 9.37 Å². The van der Waals surface area contributed by atoms with Crippen LogP contribution in [0.15, 0.2) is 34.8 Å². The molecule has 21 heavy (non-hydrogen) atoms. The summed E-state index contributed by atoms with van der Waals surface area (Å²) in [5.41, 5.74) is 4.18. The van der Waals surface area contributed by atoms with Gasteiger partial charge in [0.25, 0.3) is 0 Å². The molecule has 0 saturated carbocycles. The van der Waals surface area contributed by atoms with Crippen molar-refractivity contribution in [3.63, 3.8) is 0 Å². The maximum absolute atomic E-state index is 13.9. The molecule has 0 heterocycles. The second kappa shape index (κ2) is 5.65. The molecular formula is C13H8BrF3N2O2. The number of hydrogen-bond donors (Lipinski definition) is 2. The number of benzene rings is 2. The minimum Gasteiger partial charge on any atom is -0.503 e. The lowest BCUT2D eigenvalue weighted by Crippen LogP contribution is -2.32. The predicted molar refractivity (Wildman–Crippen MR) is 73.8 cm³/mol. The van der Waals surface area contributed by atoms with Gasteiger partial charge in [-0.3, -0.25) is 4.90 Å². The fourth-order valence-corrected chi connectivity index (χ4v) is 2.22. The number of nitrogens with two attached hydrogens (primary N) is 1. The Balaban J connectivity index is 2.77. The van der Waals surface area contributed by atoms with Gasteiger partial charge in [-0.1, -0.05) is 12.1 Å². The van der Waals surface area contributed by atoms with Crippen LogP contribution >= 0.6 is 15.9 Å². The number of phenolic OH excluding ortho intramolecular Hbond substituents is 1. The fourth-order valence-electron chi connectivity index (χ4n) is 1.76. The molecule has 2 rings (SSSR count). The molecule has 0 aromatic heterocycles. The van der Waals surface area contributed by atoms with E-state index in [1.165, 1.54) is 18.2 Å². The molecule has 4 nitrogen and oxygen atoms in total. The molecule has 0 aliphatic carbocycles. The lowest BCUT2D eigenvalue weighted by Gasteiger charge is -2.23. The molecule has 0 saturated heterocycles. The molecule has 3 N–H and O–H groups in total. The zero-order chi connectivity index (χ0) is 15.7. The monoisotopic (exact) mass is 360 g/mol. The number of urea groups is 1. The van der Waals surface area contributed by atoms with Gasteiger partial charge in [0.1, 0.15) is 5.69 Å². The van der Waals surface area contributed by atoms with Gasteiger partial charge in [0, 0.05) is 10.5 Å². The predicted octanol–water partition coefficient (Wildman–Crippen LogP) is 3.79. The minimum absolute atomic E-state index is 0.0178. The van der Waals surface area contributed by atoms with Gasteiger partial charge in [-0.15, -0.1) is 0 Å². The third-order valence-electron chi connectivity index (χ3n) is 2.66. The van der Waals surface area contributed by atoms with Crippen molar-refractivity contribution in [1.29, 1.82) is 0 Å². The van der Waals surface area contributed by atoms with Crippen molar-refractivity contribution in [2.24, 2.45) is 5.73 Å². The van der Waals surface area contributed by atoms with Gasteiger partial charge in [-0.2, -0.15) is 0 Å². The molecule has 0 unspecified atom stereocenters. The van der Waals surface area contributed by atoms with E-state index in [0.717, 1.165) is 0 Å². The zero-order valence-corrected chi connectivity index (χ0v) is 11.9. The van der Waals surface area contributed by atoms with E-state index < -0.39 is 34.9 Å². The van der Waals surface area contributed by atoms with Crippen LogP contribution in [0.3, 0.4) is 0 Å². The van der Waals surface area contributed by atoms with Crippen LogP contribution in [-0.2, 0) is 0 Å². The number of primary amides is 1. The molecule has 0 bridgehead atoms. The number of carbonyl (C=O) groups is 1. The Labute approximate surface area is 125 Å². The fraction of sp³-hybridized carbons (Fsp3) is 0. The highest BCUT2D eigenvalue weighted by Crippen LogP contribution is 2.40. The Kier molecular flexibility index (Phi) is 4.08. The molecule has 2 aromatic rings. The van der Waals surface area contributed by atoms with Gasteiger partial charge in [0.05, 0.1) is 5.69 Å². The van der Waals surface area contributed by atoms with E-state index in [1.54, 1.807) is 6.07 Å². The van der Waals surface area contributed by atoms with E-state index in [-0.39, 0.29) is 11.8 Å². The molecule has 0 radical (unpaired) electrons. The first-order chi connectivity index (χ1) is 9.84. The summed E-state index contributed by atoms with van der Waals surface area (Å²) in [6.07, 6.45) is 0. The van der Waals surface area contributed by atoms with Crippen LogP contribution in [0.4, 0.5) is 29.3 Å². The highest BCUT2D eigenvalue weighted by molar-refractivity contribution is 9.10. The number of aromatic hydroxyl groups is 1. The molecule has 0 aliphatic rings. The van der Waals surface area contributed by atoms with Crippen LogP contribution in [0.25, 0.3) is 0 Å². The highest BCUT2D eigenvalue weighted by Gasteiger charge is 2.28. The number of anilines is 2. The lowest BCUT2D eigenvalue weighted by atomic mass is 10.2. The van der Waals surface area contributed by atoms with Gasteiger partial charge in [0.2, 0.25) is 0 Å². The highest BCUT2D eigenvalue weighted by atomic mass is 79.9. The van der Waals surface area contributed by atoms with E-state index in [1.807, 2.05) is 0 Å². The summed E-state index contributed by atoms with van der Waals surface area (Å²) in [5, 5.41) is 9.63. The molecule has 8 heteroatoms. The molecule has 0 spiro atoms. The summed E-state index contributed by atoms with van der Waals surface area (Å²) in [6, 6.07) is 4.93. The summed E-state index contributed by atoms with van der Waals surface area (Å²) < 4.78 is 41.0. The second-order valence-electron chi connectivity index (χ2n) is 3.98. The molecule has 0 aliphatic heterocycles. The Morgan fingerprint density at radius 1 is 1.19 bits per heavy atom. The van der Waals surface area contributed by atoms with E-state index >= 15 is 0 Å². The number of hydrogen-bond acceptors (Lipinski definition) is 2. The summed E-state index contributed by atoms with van der Waals surface area (Å²) in [4.78, 5) is 12.1. The molecule has 0 atom stereocenters. The number of nitrogens with zero attached hydrogens (tertiary/aromatic N) is 1. The zero-order valence-electron chi connectivity index (χ0n) is 10.3. The molecule has 110 valence electrons. The lowest BCUT2D eigenvalue weighted by molar-refractivity contribution is 0.255. The Hall–Kier alpha value is -2.22. The van der Waals surface area contributed by atoms with Crippen molar-refractivity contribution in [1.82, 2.24) is 0 Å². The quantitative estimate of drug-likeness (QED) is 0.800. The first kappa shape index (κ1) is 15.2. The van der Waals surface area contributed by atoms with Gasteiger partial charge in [-0.05, 0) is 28.1 Å². The van der Waals surface area contributed by atoms with Crippen molar-refractivity contribution < 1.29 is 23.1 Å². The number of rotatable bonds is 2. The van der Waals surface area contributed by atoms with Crippen LogP contribution in [-0.4, -0.2) is 11.1 Å². The SMILES string of the molecule is NC(=O)N(c1ccccc1Br)c1c(O)c(F)cc(F)c1F. The van der Waals surface area contributed by atoms with E-state index in [9.17, 15) is 23.1 Å². The van der Waals surface area contributed by atoms with Crippen molar-refractivity contribution in [2.45, 2.75) is 0 Å². The Morgan fingerprint density at radius 2 is 1.81 bits per heavy atom. The molecular weight excluding hydrogens is 353 g/mol. The third kappa shape index (κ3) is 2.66. The normalized spacial score (nSPS) is 10.5. The van der Waals surface area contributed by atoms with Crippen LogP contribution in [0.2, 0.25) is 0 Å². The molecule has 2 aromatic carbocycles. The number of carbonyl (C=O) groups excluding carboxylic acids is 1. The van der Waals surface area contributed by atoms with Gasteiger partial charge < -0.3 is 10.8 Å². The maximum atomic E-state index is 13.9. The maximum Gasteiger partial charge on any atom is 0.324 e. The van der Waals surface area contributed by atoms with Crippen LogP contribution in [0, 0.1) is 17.5 Å². The average molecular weight is 361 g/mol. The van der Waals surface area contributed by atoms with Crippen molar-refractivity contribution >= 4 is 33.3 Å². The largest absolute Gasteiger partial charge is 0.503 e. The summed E-state index contributed by atoms with van der Waals surface area (Å²) >= 11 is 3.11. The number of para-hydroxylation sites is 1. The third-order valence-corrected chi connectivity index (χ3v) is 3.33. The Morgan fingerprint density at radius 3 is 2.38 bits per heavy atom. The van der Waals surface area contributed by atoms with Gasteiger partial charge in [0.15, 0.2) is 23.2 Å². The standard InChI is InChI=1S/C13H8BrF3N2O2/c14-6-3-1-2-4-9(6)19(13(18)21)11-10(17)7(15)5-8(16)12(11)20/h1-5,20H,(H2,18,21). The van der Waals surface area contributed by atoms with Crippen molar-refractivity contribution in [2.75, 3.05) is 4.90 Å². The smallest absolute Gasteiger partial charge is 0.324 e. The Bertz CT molecular complexity index is 699. The minimum atomic E-state index is -1.59. The van der Waals surface area contributed by atoms with Crippen molar-refractivity contribution in [3.05, 3.63) is 52.3 Å². The van der Waals surface area contributed by atoms with E-state index in [4.69, 9.17) is 5.73 Å². The molecule has 2 amide bonds. The van der Waals surface area contributed by atoms with Gasteiger partial charge >= 0.3 is 6.03 Å². The first-order valence-electron chi connectivity index (χ1n) is 5.55. The topological polar surface area (TPSA) is 66.6 Å². The van der Waals surface area contributed by atoms with Crippen LogP contribution < -0.4 is 10.6 Å².